The molecule has 2 N–H and O–H groups in total. The summed E-state index contributed by atoms with van der Waals surface area (Å²) >= 11 is 11.6. The van der Waals surface area contributed by atoms with E-state index in [1.807, 2.05) is 0 Å². The van der Waals surface area contributed by atoms with Gasteiger partial charge >= 0.3 is 0 Å². The van der Waals surface area contributed by atoms with E-state index in [0.29, 0.717) is 5.02 Å². The highest BCUT2D eigenvalue weighted by atomic mass is 35.5. The summed E-state index contributed by atoms with van der Waals surface area (Å²) in [7, 11) is 0. The van der Waals surface area contributed by atoms with Gasteiger partial charge in [-0.1, -0.05) is 23.2 Å². The van der Waals surface area contributed by atoms with Crippen LogP contribution in [0.5, 0.6) is 5.75 Å². The predicted octanol–water partition coefficient (Wildman–Crippen LogP) is 3.37. The second-order valence-corrected chi connectivity index (χ2v) is 5.17. The SMILES string of the molecule is O=C(NN=Cc1cc(Cl)cc(Cl)c1O)c1ccc([N+](=O)[O-])cc1. The molecule has 0 heterocycles. The van der Waals surface area contributed by atoms with E-state index in [2.05, 4.69) is 10.5 Å². The topological polar surface area (TPSA) is 105 Å². The van der Waals surface area contributed by atoms with Crippen LogP contribution in [0.4, 0.5) is 5.69 Å². The standard InChI is InChI=1S/C14H9Cl2N3O4/c15-10-5-9(13(20)12(16)6-10)7-17-18-14(21)8-1-3-11(4-2-8)19(22)23/h1-7,20H,(H,18,21). The first-order valence-corrected chi connectivity index (χ1v) is 6.90. The molecular weight excluding hydrogens is 345 g/mol. The highest BCUT2D eigenvalue weighted by molar-refractivity contribution is 6.36. The molecule has 23 heavy (non-hydrogen) atoms. The molecule has 0 radical (unpaired) electrons. The third kappa shape index (κ3) is 4.18. The lowest BCUT2D eigenvalue weighted by Gasteiger charge is -2.03. The number of carbonyl (C=O) groups is 1. The fourth-order valence-corrected chi connectivity index (χ4v) is 2.15. The van der Waals surface area contributed by atoms with Crippen molar-refractivity contribution in [2.45, 2.75) is 0 Å². The summed E-state index contributed by atoms with van der Waals surface area (Å²) in [5.41, 5.74) is 2.53. The number of nitro benzene ring substituents is 1. The molecule has 0 atom stereocenters. The predicted molar refractivity (Wildman–Crippen MR) is 86.3 cm³/mol. The van der Waals surface area contributed by atoms with Gasteiger partial charge in [-0.15, -0.1) is 0 Å². The molecule has 0 saturated carbocycles. The highest BCUT2D eigenvalue weighted by Gasteiger charge is 2.09. The van der Waals surface area contributed by atoms with Gasteiger partial charge in [0.2, 0.25) is 0 Å². The van der Waals surface area contributed by atoms with Crippen molar-refractivity contribution in [2.75, 3.05) is 0 Å². The summed E-state index contributed by atoms with van der Waals surface area (Å²) in [6, 6.07) is 7.81. The van der Waals surface area contributed by atoms with E-state index in [0.717, 1.165) is 0 Å². The summed E-state index contributed by atoms with van der Waals surface area (Å²) in [5.74, 6) is -0.784. The van der Waals surface area contributed by atoms with Gasteiger partial charge in [-0.3, -0.25) is 14.9 Å². The van der Waals surface area contributed by atoms with Gasteiger partial charge in [0.05, 0.1) is 16.2 Å². The number of rotatable bonds is 4. The second-order valence-electron chi connectivity index (χ2n) is 4.33. The molecule has 0 fully saturated rings. The minimum absolute atomic E-state index is 0.0562. The average Bonchev–Trinajstić information content (AvgIpc) is 2.51. The largest absolute Gasteiger partial charge is 0.506 e. The Labute approximate surface area is 140 Å². The third-order valence-corrected chi connectivity index (χ3v) is 3.27. The lowest BCUT2D eigenvalue weighted by molar-refractivity contribution is -0.384. The molecule has 0 saturated heterocycles. The zero-order valence-corrected chi connectivity index (χ0v) is 12.9. The Kier molecular flexibility index (Phi) is 5.15. The number of phenolic OH excluding ortho intramolecular Hbond substituents is 1. The number of halogens is 2. The molecule has 0 spiro atoms. The van der Waals surface area contributed by atoms with Gasteiger partial charge in [0.15, 0.2) is 0 Å². The highest BCUT2D eigenvalue weighted by Crippen LogP contribution is 2.29. The molecule has 118 valence electrons. The van der Waals surface area contributed by atoms with E-state index in [-0.39, 0.29) is 27.6 Å². The van der Waals surface area contributed by atoms with Crippen LogP contribution in [0.1, 0.15) is 15.9 Å². The summed E-state index contributed by atoms with van der Waals surface area (Å²) in [5, 5.41) is 24.3. The maximum absolute atomic E-state index is 11.8. The van der Waals surface area contributed by atoms with E-state index < -0.39 is 10.8 Å². The number of non-ortho nitro benzene ring substituents is 1. The number of phenols is 1. The molecule has 0 aliphatic rings. The van der Waals surface area contributed by atoms with Crippen molar-refractivity contribution < 1.29 is 14.8 Å². The quantitative estimate of drug-likeness (QED) is 0.499. The molecule has 7 nitrogen and oxygen atoms in total. The Morgan fingerprint density at radius 2 is 1.91 bits per heavy atom. The van der Waals surface area contributed by atoms with Crippen LogP contribution in [0.25, 0.3) is 0 Å². The Morgan fingerprint density at radius 1 is 1.26 bits per heavy atom. The number of nitro groups is 1. The van der Waals surface area contributed by atoms with Crippen LogP contribution in [0.2, 0.25) is 10.0 Å². The molecule has 2 aromatic rings. The van der Waals surface area contributed by atoms with Crippen LogP contribution in [-0.4, -0.2) is 22.2 Å². The molecule has 2 aromatic carbocycles. The van der Waals surface area contributed by atoms with Gasteiger partial charge in [0.25, 0.3) is 11.6 Å². The summed E-state index contributed by atoms with van der Waals surface area (Å²) in [4.78, 5) is 21.8. The van der Waals surface area contributed by atoms with Crippen LogP contribution in [0.15, 0.2) is 41.5 Å². The molecule has 1 amide bonds. The number of hydrogen-bond donors (Lipinski definition) is 2. The van der Waals surface area contributed by atoms with E-state index in [4.69, 9.17) is 23.2 Å². The normalized spacial score (nSPS) is 10.7. The zero-order chi connectivity index (χ0) is 17.0. The van der Waals surface area contributed by atoms with Crippen LogP contribution < -0.4 is 5.43 Å². The molecule has 0 bridgehead atoms. The minimum atomic E-state index is -0.566. The van der Waals surface area contributed by atoms with Crippen LogP contribution in [-0.2, 0) is 0 Å². The van der Waals surface area contributed by atoms with E-state index >= 15 is 0 Å². The van der Waals surface area contributed by atoms with Gasteiger partial charge in [0, 0.05) is 28.3 Å². The lowest BCUT2D eigenvalue weighted by atomic mass is 10.2. The number of nitrogens with one attached hydrogen (secondary N) is 1. The third-order valence-electron chi connectivity index (χ3n) is 2.77. The first kappa shape index (κ1) is 16.7. The fourth-order valence-electron chi connectivity index (χ4n) is 1.64. The van der Waals surface area contributed by atoms with Crippen molar-refractivity contribution in [3.05, 3.63) is 67.7 Å². The molecule has 2 rings (SSSR count). The Hall–Kier alpha value is -2.64. The zero-order valence-electron chi connectivity index (χ0n) is 11.4. The summed E-state index contributed by atoms with van der Waals surface area (Å²) < 4.78 is 0. The molecule has 0 unspecified atom stereocenters. The Morgan fingerprint density at radius 3 is 2.52 bits per heavy atom. The first-order chi connectivity index (χ1) is 10.9. The average molecular weight is 354 g/mol. The smallest absolute Gasteiger partial charge is 0.271 e. The number of aromatic hydroxyl groups is 1. The molecule has 0 aliphatic heterocycles. The van der Waals surface area contributed by atoms with Crippen molar-refractivity contribution >= 4 is 41.0 Å². The number of hydrazone groups is 1. The van der Waals surface area contributed by atoms with Gasteiger partial charge in [-0.25, -0.2) is 5.43 Å². The Balaban J connectivity index is 2.08. The van der Waals surface area contributed by atoms with Gasteiger partial charge in [-0.2, -0.15) is 5.10 Å². The number of carbonyl (C=O) groups excluding carboxylic acids is 1. The summed E-state index contributed by atoms with van der Waals surface area (Å²) in [6.07, 6.45) is 1.18. The van der Waals surface area contributed by atoms with Crippen LogP contribution in [0.3, 0.4) is 0 Å². The maximum Gasteiger partial charge on any atom is 0.271 e. The molecular formula is C14H9Cl2N3O4. The van der Waals surface area contributed by atoms with Crippen molar-refractivity contribution in [1.82, 2.24) is 5.43 Å². The van der Waals surface area contributed by atoms with Gasteiger partial charge in [-0.05, 0) is 24.3 Å². The number of benzene rings is 2. The van der Waals surface area contributed by atoms with Crippen LogP contribution >= 0.6 is 23.2 Å². The van der Waals surface area contributed by atoms with E-state index in [1.165, 1.54) is 42.6 Å². The number of nitrogens with zero attached hydrogens (tertiary/aromatic N) is 2. The molecule has 9 heteroatoms. The van der Waals surface area contributed by atoms with Crippen molar-refractivity contribution in [3.8, 4) is 5.75 Å². The maximum atomic E-state index is 11.8. The second kappa shape index (κ2) is 7.08. The fraction of sp³-hybridized carbons (Fsp3) is 0. The van der Waals surface area contributed by atoms with Gasteiger partial charge in [0.1, 0.15) is 5.75 Å². The minimum Gasteiger partial charge on any atom is -0.506 e. The van der Waals surface area contributed by atoms with Crippen molar-refractivity contribution in [1.29, 1.82) is 0 Å². The van der Waals surface area contributed by atoms with E-state index in [1.54, 1.807) is 0 Å². The van der Waals surface area contributed by atoms with Crippen LogP contribution in [0, 0.1) is 10.1 Å². The van der Waals surface area contributed by atoms with E-state index in [9.17, 15) is 20.0 Å². The van der Waals surface area contributed by atoms with Gasteiger partial charge < -0.3 is 5.11 Å². The van der Waals surface area contributed by atoms with Crippen molar-refractivity contribution in [3.63, 3.8) is 0 Å². The number of hydrogen-bond acceptors (Lipinski definition) is 5. The first-order valence-electron chi connectivity index (χ1n) is 6.14. The Bertz CT molecular complexity index is 791. The molecule has 0 aromatic heterocycles. The lowest BCUT2D eigenvalue weighted by Crippen LogP contribution is -2.17. The van der Waals surface area contributed by atoms with Crippen molar-refractivity contribution in [2.24, 2.45) is 5.10 Å². The monoisotopic (exact) mass is 353 g/mol. The summed E-state index contributed by atoms with van der Waals surface area (Å²) in [6.45, 7) is 0. The molecule has 0 aliphatic carbocycles. The number of amides is 1.